The summed E-state index contributed by atoms with van der Waals surface area (Å²) in [6.45, 7) is 0.763. The van der Waals surface area contributed by atoms with Crippen LogP contribution in [0.3, 0.4) is 0 Å². The molecule has 1 aromatic heterocycles. The van der Waals surface area contributed by atoms with Crippen molar-refractivity contribution < 1.29 is 9.13 Å². The first-order valence-corrected chi connectivity index (χ1v) is 8.06. The fourth-order valence-electron chi connectivity index (χ4n) is 3.20. The molecule has 0 spiro atoms. The molecule has 0 amide bonds. The van der Waals surface area contributed by atoms with Gasteiger partial charge in [0.2, 0.25) is 0 Å². The van der Waals surface area contributed by atoms with Crippen molar-refractivity contribution in [3.8, 4) is 0 Å². The average Bonchev–Trinajstić information content (AvgIpc) is 3.06. The summed E-state index contributed by atoms with van der Waals surface area (Å²) in [5, 5.41) is 0. The highest BCUT2D eigenvalue weighted by molar-refractivity contribution is 9.10. The second-order valence-electron chi connectivity index (χ2n) is 5.61. The lowest BCUT2D eigenvalue weighted by Gasteiger charge is -2.20. The predicted molar refractivity (Wildman–Crippen MR) is 80.9 cm³/mol. The van der Waals surface area contributed by atoms with Crippen molar-refractivity contribution >= 4 is 39.2 Å². The molecule has 3 nitrogen and oxygen atoms in total. The smallest absolute Gasteiger partial charge is 0.178 e. The summed E-state index contributed by atoms with van der Waals surface area (Å²) >= 11 is 8.67. The van der Waals surface area contributed by atoms with Crippen molar-refractivity contribution in [2.24, 2.45) is 5.92 Å². The number of H-pyrrole nitrogens is 1. The Balaban J connectivity index is 1.88. The second kappa shape index (κ2) is 4.64. The van der Waals surface area contributed by atoms with E-state index < -0.39 is 0 Å². The maximum atomic E-state index is 13.9. The monoisotopic (exact) mass is 356 g/mol. The van der Waals surface area contributed by atoms with E-state index in [0.717, 1.165) is 24.1 Å². The third kappa shape index (κ3) is 1.96. The van der Waals surface area contributed by atoms with E-state index in [2.05, 4.69) is 25.5 Å². The van der Waals surface area contributed by atoms with E-state index in [9.17, 15) is 4.39 Å². The number of rotatable bonds is 2. The lowest BCUT2D eigenvalue weighted by Crippen LogP contribution is -2.22. The summed E-state index contributed by atoms with van der Waals surface area (Å²) in [6, 6.07) is 3.52. The van der Waals surface area contributed by atoms with Crippen molar-refractivity contribution in [1.29, 1.82) is 0 Å². The van der Waals surface area contributed by atoms with Crippen LogP contribution in [0.15, 0.2) is 16.6 Å². The first kappa shape index (κ1) is 13.0. The molecule has 0 bridgehead atoms. The minimum Gasteiger partial charge on any atom is -0.376 e. The quantitative estimate of drug-likeness (QED) is 0.811. The van der Waals surface area contributed by atoms with Crippen molar-refractivity contribution in [3.63, 3.8) is 0 Å². The van der Waals surface area contributed by atoms with Gasteiger partial charge in [-0.15, -0.1) is 0 Å². The molecule has 0 radical (unpaired) electrons. The molecule has 1 aliphatic carbocycles. The third-order valence-electron chi connectivity index (χ3n) is 4.28. The van der Waals surface area contributed by atoms with Crippen LogP contribution in [0.2, 0.25) is 0 Å². The van der Waals surface area contributed by atoms with Gasteiger partial charge in [0.25, 0.3) is 0 Å². The minimum atomic E-state index is -0.262. The van der Waals surface area contributed by atoms with Gasteiger partial charge >= 0.3 is 0 Å². The van der Waals surface area contributed by atoms with Crippen LogP contribution in [0.4, 0.5) is 4.39 Å². The largest absolute Gasteiger partial charge is 0.376 e. The van der Waals surface area contributed by atoms with Gasteiger partial charge in [-0.25, -0.2) is 4.39 Å². The first-order valence-electron chi connectivity index (χ1n) is 6.86. The van der Waals surface area contributed by atoms with E-state index in [1.807, 2.05) is 0 Å². The zero-order chi connectivity index (χ0) is 13.9. The van der Waals surface area contributed by atoms with Crippen LogP contribution in [0.1, 0.15) is 25.3 Å². The number of benzene rings is 1. The molecule has 2 aliphatic rings. The number of hydrogen-bond donors (Lipinski definition) is 1. The van der Waals surface area contributed by atoms with Crippen LogP contribution in [0, 0.1) is 16.5 Å². The molecule has 20 heavy (non-hydrogen) atoms. The Hall–Kier alpha value is -0.720. The zero-order valence-electron chi connectivity index (χ0n) is 10.7. The molecule has 2 heterocycles. The fraction of sp³-hybridized carbons (Fsp3) is 0.500. The van der Waals surface area contributed by atoms with Crippen LogP contribution in [-0.2, 0) is 4.74 Å². The highest BCUT2D eigenvalue weighted by atomic mass is 79.9. The molecule has 6 heteroatoms. The lowest BCUT2D eigenvalue weighted by atomic mass is 10.1. The summed E-state index contributed by atoms with van der Waals surface area (Å²) in [7, 11) is 0. The van der Waals surface area contributed by atoms with Gasteiger partial charge in [0, 0.05) is 12.7 Å². The number of imidazole rings is 1. The van der Waals surface area contributed by atoms with E-state index in [0.29, 0.717) is 15.2 Å². The van der Waals surface area contributed by atoms with Crippen LogP contribution >= 0.6 is 28.1 Å². The van der Waals surface area contributed by atoms with Gasteiger partial charge in [0.15, 0.2) is 4.77 Å². The van der Waals surface area contributed by atoms with Crippen molar-refractivity contribution in [3.05, 3.63) is 27.2 Å². The number of halogens is 2. The van der Waals surface area contributed by atoms with E-state index >= 15 is 0 Å². The van der Waals surface area contributed by atoms with Crippen LogP contribution < -0.4 is 0 Å². The first-order chi connectivity index (χ1) is 9.65. The molecule has 2 fully saturated rings. The molecule has 1 aromatic carbocycles. The van der Waals surface area contributed by atoms with E-state index in [1.165, 1.54) is 12.8 Å². The summed E-state index contributed by atoms with van der Waals surface area (Å²) in [4.78, 5) is 3.18. The molecule has 4 rings (SSSR count). The molecular formula is C14H14BrFN2OS. The Kier molecular flexibility index (Phi) is 3.01. The zero-order valence-corrected chi connectivity index (χ0v) is 13.1. The summed E-state index contributed by atoms with van der Waals surface area (Å²) in [5.41, 5.74) is 1.70. The second-order valence-corrected chi connectivity index (χ2v) is 6.85. The molecule has 2 atom stereocenters. The number of aromatic nitrogens is 2. The van der Waals surface area contributed by atoms with Crippen molar-refractivity contribution in [2.75, 3.05) is 6.61 Å². The standard InChI is InChI=1S/C14H14BrFN2OS/c15-8-5-10-12(6-9(8)16)18(14(20)17-10)11-3-4-19-13(11)7-1-2-7/h5-7,11,13H,1-4H2,(H,17,20). The molecule has 2 aromatic rings. The Bertz CT molecular complexity index is 737. The molecule has 1 saturated heterocycles. The maximum absolute atomic E-state index is 13.9. The lowest BCUT2D eigenvalue weighted by molar-refractivity contribution is 0.0756. The summed E-state index contributed by atoms with van der Waals surface area (Å²) < 4.78 is 22.9. The Labute approximate surface area is 129 Å². The minimum absolute atomic E-state index is 0.226. The SMILES string of the molecule is Fc1cc2c(cc1Br)[nH]c(=S)n2C1CCOC1C1CC1. The summed E-state index contributed by atoms with van der Waals surface area (Å²) in [6.07, 6.45) is 3.64. The predicted octanol–water partition coefficient (Wildman–Crippen LogP) is 4.34. The number of aromatic amines is 1. The van der Waals surface area contributed by atoms with E-state index in [-0.39, 0.29) is 18.0 Å². The molecule has 2 unspecified atom stereocenters. The maximum Gasteiger partial charge on any atom is 0.178 e. The molecular weight excluding hydrogens is 343 g/mol. The van der Waals surface area contributed by atoms with Gasteiger partial charge < -0.3 is 14.3 Å². The van der Waals surface area contributed by atoms with Gasteiger partial charge in [-0.1, -0.05) is 0 Å². The third-order valence-corrected chi connectivity index (χ3v) is 5.19. The highest BCUT2D eigenvalue weighted by Crippen LogP contribution is 2.44. The Morgan fingerprint density at radius 2 is 2.15 bits per heavy atom. The molecule has 1 saturated carbocycles. The van der Waals surface area contributed by atoms with Gasteiger partial charge in [-0.05, 0) is 59.4 Å². The van der Waals surface area contributed by atoms with Crippen molar-refractivity contribution in [1.82, 2.24) is 9.55 Å². The average molecular weight is 357 g/mol. The summed E-state index contributed by atoms with van der Waals surface area (Å²) in [5.74, 6) is 0.386. The number of ether oxygens (including phenoxy) is 1. The van der Waals surface area contributed by atoms with Crippen LogP contribution in [-0.4, -0.2) is 22.3 Å². The number of fused-ring (bicyclic) bond motifs is 1. The van der Waals surface area contributed by atoms with Gasteiger partial charge in [-0.3, -0.25) is 0 Å². The Morgan fingerprint density at radius 3 is 2.90 bits per heavy atom. The molecule has 106 valence electrons. The van der Waals surface area contributed by atoms with Crippen LogP contribution in [0.5, 0.6) is 0 Å². The number of nitrogens with one attached hydrogen (secondary N) is 1. The Morgan fingerprint density at radius 1 is 1.35 bits per heavy atom. The number of nitrogens with zero attached hydrogens (tertiary/aromatic N) is 1. The van der Waals surface area contributed by atoms with E-state index in [4.69, 9.17) is 17.0 Å². The van der Waals surface area contributed by atoms with Gasteiger partial charge in [0.05, 0.1) is 27.7 Å². The van der Waals surface area contributed by atoms with Gasteiger partial charge in [0.1, 0.15) is 5.82 Å². The molecule has 1 aliphatic heterocycles. The molecule has 1 N–H and O–H groups in total. The van der Waals surface area contributed by atoms with Crippen molar-refractivity contribution in [2.45, 2.75) is 31.4 Å². The van der Waals surface area contributed by atoms with Gasteiger partial charge in [-0.2, -0.15) is 0 Å². The topological polar surface area (TPSA) is 29.9 Å². The number of hydrogen-bond acceptors (Lipinski definition) is 2. The fourth-order valence-corrected chi connectivity index (χ4v) is 3.89. The van der Waals surface area contributed by atoms with Crippen LogP contribution in [0.25, 0.3) is 11.0 Å². The highest BCUT2D eigenvalue weighted by Gasteiger charge is 2.42. The normalized spacial score (nSPS) is 26.5. The van der Waals surface area contributed by atoms with E-state index in [1.54, 1.807) is 12.1 Å².